The third-order valence-electron chi connectivity index (χ3n) is 3.29. The van der Waals surface area contributed by atoms with Crippen LogP contribution < -0.4 is 20.5 Å². The van der Waals surface area contributed by atoms with Crippen molar-refractivity contribution in [3.8, 4) is 11.5 Å². The van der Waals surface area contributed by atoms with Gasteiger partial charge in [-0.25, -0.2) is 0 Å². The normalized spacial score (nSPS) is 12.3. The fourth-order valence-electron chi connectivity index (χ4n) is 2.12. The molecule has 3 N–H and O–H groups in total. The van der Waals surface area contributed by atoms with Crippen LogP contribution in [0.15, 0.2) is 54.7 Å². The number of ketones is 1. The van der Waals surface area contributed by atoms with E-state index < -0.39 is 5.91 Å². The van der Waals surface area contributed by atoms with Crippen molar-refractivity contribution in [1.82, 2.24) is 0 Å². The molecular weight excluding hydrogens is 296 g/mol. The minimum atomic E-state index is -0.505. The van der Waals surface area contributed by atoms with E-state index in [-0.39, 0.29) is 12.6 Å². The van der Waals surface area contributed by atoms with Gasteiger partial charge in [0.2, 0.25) is 12.7 Å². The van der Waals surface area contributed by atoms with Crippen LogP contribution in [0.4, 0.5) is 5.69 Å². The maximum Gasteiger partial charge on any atom is 0.248 e. The Hall–Kier alpha value is -3.28. The van der Waals surface area contributed by atoms with Gasteiger partial charge in [-0.2, -0.15) is 0 Å². The number of hydrogen-bond donors (Lipinski definition) is 2. The van der Waals surface area contributed by atoms with E-state index in [0.29, 0.717) is 28.3 Å². The summed E-state index contributed by atoms with van der Waals surface area (Å²) in [6, 6.07) is 11.7. The fraction of sp³-hybridized carbons (Fsp3) is 0.0588. The molecule has 6 heteroatoms. The second-order valence-electron chi connectivity index (χ2n) is 4.86. The van der Waals surface area contributed by atoms with Gasteiger partial charge in [-0.3, -0.25) is 9.59 Å². The largest absolute Gasteiger partial charge is 0.454 e. The Bertz CT molecular complexity index is 799. The summed E-state index contributed by atoms with van der Waals surface area (Å²) in [5, 5.41) is 2.93. The molecule has 1 aliphatic rings. The van der Waals surface area contributed by atoms with Crippen molar-refractivity contribution in [2.75, 3.05) is 12.1 Å². The molecule has 0 bridgehead atoms. The van der Waals surface area contributed by atoms with Crippen LogP contribution in [0.25, 0.3) is 0 Å². The summed E-state index contributed by atoms with van der Waals surface area (Å²) in [4.78, 5) is 23.2. The van der Waals surface area contributed by atoms with Gasteiger partial charge in [0.25, 0.3) is 0 Å². The summed E-state index contributed by atoms with van der Waals surface area (Å²) >= 11 is 0. The van der Waals surface area contributed by atoms with Gasteiger partial charge in [-0.15, -0.1) is 0 Å². The first-order valence-corrected chi connectivity index (χ1v) is 6.90. The number of allylic oxidation sites excluding steroid dienone is 1. The first-order chi connectivity index (χ1) is 11.1. The van der Waals surface area contributed by atoms with E-state index in [0.717, 1.165) is 0 Å². The molecular formula is C17H14N2O4. The summed E-state index contributed by atoms with van der Waals surface area (Å²) < 4.78 is 10.4. The molecule has 1 amide bonds. The van der Waals surface area contributed by atoms with Crippen LogP contribution in [0.3, 0.4) is 0 Å². The summed E-state index contributed by atoms with van der Waals surface area (Å²) in [6.07, 6.45) is 2.90. The van der Waals surface area contributed by atoms with Crippen LogP contribution in [0, 0.1) is 0 Å². The first kappa shape index (κ1) is 14.6. The Balaban J connectivity index is 1.67. The molecule has 0 fully saturated rings. The quantitative estimate of drug-likeness (QED) is 0.653. The highest BCUT2D eigenvalue weighted by Gasteiger charge is 2.14. The molecule has 0 unspecified atom stereocenters. The number of carbonyl (C=O) groups is 2. The molecule has 0 atom stereocenters. The lowest BCUT2D eigenvalue weighted by Crippen LogP contribution is -2.10. The summed E-state index contributed by atoms with van der Waals surface area (Å²) in [6.45, 7) is 0.167. The third-order valence-corrected chi connectivity index (χ3v) is 3.29. The van der Waals surface area contributed by atoms with E-state index in [2.05, 4.69) is 5.32 Å². The molecule has 116 valence electrons. The van der Waals surface area contributed by atoms with Gasteiger partial charge in [-0.1, -0.05) is 6.07 Å². The second-order valence-corrected chi connectivity index (χ2v) is 4.86. The SMILES string of the molecule is NC(=O)c1cccc(NC=CC(=O)c2ccc3c(c2)OCO3)c1. The van der Waals surface area contributed by atoms with Gasteiger partial charge >= 0.3 is 0 Å². The zero-order valence-electron chi connectivity index (χ0n) is 12.1. The number of primary amides is 1. The predicted molar refractivity (Wildman–Crippen MR) is 84.6 cm³/mol. The van der Waals surface area contributed by atoms with Gasteiger partial charge < -0.3 is 20.5 Å². The molecule has 3 rings (SSSR count). The average molecular weight is 310 g/mol. The van der Waals surface area contributed by atoms with E-state index >= 15 is 0 Å². The Morgan fingerprint density at radius 3 is 2.70 bits per heavy atom. The zero-order valence-corrected chi connectivity index (χ0v) is 12.1. The lowest BCUT2D eigenvalue weighted by molar-refractivity contribution is 0.0998. The Labute approximate surface area is 132 Å². The second kappa shape index (κ2) is 6.23. The highest BCUT2D eigenvalue weighted by molar-refractivity contribution is 6.05. The van der Waals surface area contributed by atoms with Gasteiger partial charge in [0.15, 0.2) is 17.3 Å². The number of amides is 1. The van der Waals surface area contributed by atoms with Crippen LogP contribution in [-0.2, 0) is 0 Å². The van der Waals surface area contributed by atoms with Crippen LogP contribution in [0.2, 0.25) is 0 Å². The minimum Gasteiger partial charge on any atom is -0.454 e. The lowest BCUT2D eigenvalue weighted by atomic mass is 10.1. The number of nitrogens with one attached hydrogen (secondary N) is 1. The number of ether oxygens (including phenoxy) is 2. The zero-order chi connectivity index (χ0) is 16.2. The van der Waals surface area contributed by atoms with Crippen LogP contribution >= 0.6 is 0 Å². The number of benzene rings is 2. The molecule has 0 radical (unpaired) electrons. The average Bonchev–Trinajstić information content (AvgIpc) is 3.02. The van der Waals surface area contributed by atoms with Gasteiger partial charge in [0.05, 0.1) is 0 Å². The number of carbonyl (C=O) groups excluding carboxylic acids is 2. The lowest BCUT2D eigenvalue weighted by Gasteiger charge is -2.02. The highest BCUT2D eigenvalue weighted by Crippen LogP contribution is 2.32. The molecule has 23 heavy (non-hydrogen) atoms. The van der Waals surface area contributed by atoms with Crippen LogP contribution in [0.1, 0.15) is 20.7 Å². The molecule has 0 spiro atoms. The minimum absolute atomic E-state index is 0.167. The predicted octanol–water partition coefficient (Wildman–Crippen LogP) is 2.32. The number of hydrogen-bond acceptors (Lipinski definition) is 5. The third kappa shape index (κ3) is 3.32. The van der Waals surface area contributed by atoms with Crippen molar-refractivity contribution in [1.29, 1.82) is 0 Å². The van der Waals surface area contributed by atoms with Gasteiger partial charge in [0.1, 0.15) is 0 Å². The molecule has 0 saturated heterocycles. The van der Waals surface area contributed by atoms with E-state index in [1.165, 1.54) is 12.3 Å². The number of rotatable bonds is 5. The van der Waals surface area contributed by atoms with Gasteiger partial charge in [0, 0.05) is 29.1 Å². The number of anilines is 1. The van der Waals surface area contributed by atoms with Crippen LogP contribution in [0.5, 0.6) is 11.5 Å². The van der Waals surface area contributed by atoms with Crippen LogP contribution in [-0.4, -0.2) is 18.5 Å². The molecule has 0 aromatic heterocycles. The number of fused-ring (bicyclic) bond motifs is 1. The van der Waals surface area contributed by atoms with Crippen molar-refractivity contribution in [2.24, 2.45) is 5.73 Å². The number of nitrogens with two attached hydrogens (primary N) is 1. The standard InChI is InChI=1S/C17H14N2O4/c18-17(21)12-2-1-3-13(8-12)19-7-6-14(20)11-4-5-15-16(9-11)23-10-22-15/h1-9,19H,10H2,(H2,18,21). The van der Waals surface area contributed by atoms with Crippen molar-refractivity contribution in [3.63, 3.8) is 0 Å². The molecule has 1 heterocycles. The summed E-state index contributed by atoms with van der Waals surface area (Å²) in [7, 11) is 0. The monoisotopic (exact) mass is 310 g/mol. The molecule has 2 aromatic carbocycles. The van der Waals surface area contributed by atoms with E-state index in [1.54, 1.807) is 42.5 Å². The topological polar surface area (TPSA) is 90.7 Å². The first-order valence-electron chi connectivity index (χ1n) is 6.90. The molecule has 0 saturated carbocycles. The maximum absolute atomic E-state index is 12.1. The van der Waals surface area contributed by atoms with E-state index in [1.807, 2.05) is 0 Å². The highest BCUT2D eigenvalue weighted by atomic mass is 16.7. The van der Waals surface area contributed by atoms with Crippen molar-refractivity contribution >= 4 is 17.4 Å². The maximum atomic E-state index is 12.1. The molecule has 1 aliphatic heterocycles. The molecule has 0 aliphatic carbocycles. The summed E-state index contributed by atoms with van der Waals surface area (Å²) in [5.74, 6) is 0.509. The van der Waals surface area contributed by atoms with Crippen molar-refractivity contribution < 1.29 is 19.1 Å². The molecule has 6 nitrogen and oxygen atoms in total. The summed E-state index contributed by atoms with van der Waals surface area (Å²) in [5.41, 5.74) is 6.77. The Morgan fingerprint density at radius 1 is 1.04 bits per heavy atom. The van der Waals surface area contributed by atoms with Crippen molar-refractivity contribution in [2.45, 2.75) is 0 Å². The Kier molecular flexibility index (Phi) is 3.97. The van der Waals surface area contributed by atoms with Crippen molar-refractivity contribution in [3.05, 3.63) is 65.9 Å². The molecule has 2 aromatic rings. The smallest absolute Gasteiger partial charge is 0.248 e. The van der Waals surface area contributed by atoms with Gasteiger partial charge in [-0.05, 0) is 36.4 Å². The fourth-order valence-corrected chi connectivity index (χ4v) is 2.12. The van der Waals surface area contributed by atoms with E-state index in [4.69, 9.17) is 15.2 Å². The Morgan fingerprint density at radius 2 is 1.87 bits per heavy atom. The van der Waals surface area contributed by atoms with E-state index in [9.17, 15) is 9.59 Å².